The second-order valence-corrected chi connectivity index (χ2v) is 8.05. The highest BCUT2D eigenvalue weighted by Gasteiger charge is 2.39. The van der Waals surface area contributed by atoms with Gasteiger partial charge < -0.3 is 9.84 Å². The fourth-order valence-electron chi connectivity index (χ4n) is 3.86. The van der Waals surface area contributed by atoms with Gasteiger partial charge in [-0.05, 0) is 66.5 Å². The van der Waals surface area contributed by atoms with Gasteiger partial charge in [-0.2, -0.15) is 0 Å². The van der Waals surface area contributed by atoms with Crippen molar-refractivity contribution in [1.82, 2.24) is 0 Å². The first-order chi connectivity index (χ1) is 13.8. The Balaban J connectivity index is 1.72. The maximum Gasteiger partial charge on any atom is 0.309 e. The number of ketones is 1. The summed E-state index contributed by atoms with van der Waals surface area (Å²) in [5.74, 6) is -1.08. The van der Waals surface area contributed by atoms with Gasteiger partial charge in [0.15, 0.2) is 5.78 Å². The van der Waals surface area contributed by atoms with E-state index in [0.717, 1.165) is 24.5 Å². The highest BCUT2D eigenvalue weighted by atomic mass is 35.5. The third-order valence-electron chi connectivity index (χ3n) is 5.59. The maximum atomic E-state index is 13.9. The van der Waals surface area contributed by atoms with Crippen molar-refractivity contribution < 1.29 is 23.8 Å². The molecule has 0 amide bonds. The molecule has 0 saturated heterocycles. The molecule has 3 rings (SSSR count). The van der Waals surface area contributed by atoms with Crippen LogP contribution in [0, 0.1) is 17.7 Å². The average molecular weight is 419 g/mol. The van der Waals surface area contributed by atoms with Crippen LogP contribution in [0.5, 0.6) is 5.75 Å². The number of halogens is 2. The molecule has 0 aromatic heterocycles. The molecule has 154 valence electrons. The molecular formula is C23H24ClFO4. The van der Waals surface area contributed by atoms with Crippen LogP contribution >= 0.6 is 11.6 Å². The van der Waals surface area contributed by atoms with Crippen LogP contribution in [0.2, 0.25) is 5.02 Å². The molecule has 1 saturated carbocycles. The Kier molecular flexibility index (Phi) is 6.58. The summed E-state index contributed by atoms with van der Waals surface area (Å²) in [4.78, 5) is 24.3. The minimum absolute atomic E-state index is 0.00723. The van der Waals surface area contributed by atoms with Crippen molar-refractivity contribution in [2.45, 2.75) is 38.5 Å². The predicted molar refractivity (Wildman–Crippen MR) is 109 cm³/mol. The number of ether oxygens (including phenoxy) is 1. The summed E-state index contributed by atoms with van der Waals surface area (Å²) in [5, 5.41) is 10.7. The molecule has 2 aromatic rings. The number of hydrogen-bond donors (Lipinski definition) is 1. The lowest BCUT2D eigenvalue weighted by molar-refractivity contribution is -0.145. The van der Waals surface area contributed by atoms with Crippen molar-refractivity contribution in [3.63, 3.8) is 0 Å². The first-order valence-electron chi connectivity index (χ1n) is 9.69. The number of aromatic hydroxyl groups is 1. The van der Waals surface area contributed by atoms with Crippen LogP contribution in [0.25, 0.3) is 0 Å². The molecule has 0 aliphatic heterocycles. The van der Waals surface area contributed by atoms with Crippen molar-refractivity contribution in [2.75, 3.05) is 7.11 Å². The van der Waals surface area contributed by atoms with E-state index in [9.17, 15) is 19.1 Å². The molecule has 1 aliphatic rings. The molecule has 29 heavy (non-hydrogen) atoms. The van der Waals surface area contributed by atoms with E-state index in [-0.39, 0.29) is 52.8 Å². The number of hydrogen-bond acceptors (Lipinski definition) is 4. The minimum Gasteiger partial charge on any atom is -0.508 e. The number of phenols is 1. The van der Waals surface area contributed by atoms with E-state index < -0.39 is 5.82 Å². The lowest BCUT2D eigenvalue weighted by Gasteiger charge is -2.23. The number of esters is 1. The summed E-state index contributed by atoms with van der Waals surface area (Å²) in [6, 6.07) is 9.30. The molecule has 2 aromatic carbocycles. The van der Waals surface area contributed by atoms with Gasteiger partial charge in [0.05, 0.1) is 18.6 Å². The Labute approximate surface area is 174 Å². The monoisotopic (exact) mass is 418 g/mol. The molecule has 0 heterocycles. The normalized spacial score (nSPS) is 15.6. The van der Waals surface area contributed by atoms with Crippen LogP contribution in [-0.4, -0.2) is 24.0 Å². The van der Waals surface area contributed by atoms with Crippen LogP contribution < -0.4 is 0 Å². The van der Waals surface area contributed by atoms with Gasteiger partial charge in [-0.1, -0.05) is 30.7 Å². The van der Waals surface area contributed by atoms with Crippen molar-refractivity contribution in [2.24, 2.45) is 11.8 Å². The Hall–Kier alpha value is -2.40. The summed E-state index contributed by atoms with van der Waals surface area (Å²) >= 11 is 5.72. The van der Waals surface area contributed by atoms with Crippen LogP contribution in [0.1, 0.15) is 53.6 Å². The van der Waals surface area contributed by atoms with Gasteiger partial charge in [0.25, 0.3) is 0 Å². The summed E-state index contributed by atoms with van der Waals surface area (Å²) in [6.45, 7) is 1.85. The largest absolute Gasteiger partial charge is 0.508 e. The molecule has 1 fully saturated rings. The van der Waals surface area contributed by atoms with Gasteiger partial charge in [-0.3, -0.25) is 9.59 Å². The highest BCUT2D eigenvalue weighted by molar-refractivity contribution is 6.30. The number of benzene rings is 2. The molecule has 4 nitrogen and oxygen atoms in total. The fourth-order valence-corrected chi connectivity index (χ4v) is 4.01. The Morgan fingerprint density at radius 1 is 1.24 bits per heavy atom. The molecule has 0 bridgehead atoms. The number of carbonyl (C=O) groups is 2. The summed E-state index contributed by atoms with van der Waals surface area (Å²) in [7, 11) is 1.38. The Morgan fingerprint density at radius 3 is 2.55 bits per heavy atom. The van der Waals surface area contributed by atoms with E-state index in [1.165, 1.54) is 19.2 Å². The van der Waals surface area contributed by atoms with E-state index in [2.05, 4.69) is 0 Å². The topological polar surface area (TPSA) is 63.6 Å². The lowest BCUT2D eigenvalue weighted by Crippen LogP contribution is -2.22. The number of aryl methyl sites for hydroxylation is 1. The summed E-state index contributed by atoms with van der Waals surface area (Å²) < 4.78 is 18.8. The molecular weight excluding hydrogens is 395 g/mol. The van der Waals surface area contributed by atoms with E-state index >= 15 is 0 Å². The third-order valence-corrected chi connectivity index (χ3v) is 5.82. The van der Waals surface area contributed by atoms with Gasteiger partial charge in [0.2, 0.25) is 0 Å². The molecule has 1 aliphatic carbocycles. The summed E-state index contributed by atoms with van der Waals surface area (Å²) in [5.41, 5.74) is 1.49. The van der Waals surface area contributed by atoms with Gasteiger partial charge >= 0.3 is 5.97 Å². The maximum absolute atomic E-state index is 13.9. The molecule has 6 heteroatoms. The zero-order valence-electron chi connectivity index (χ0n) is 16.5. The van der Waals surface area contributed by atoms with Crippen molar-refractivity contribution in [1.29, 1.82) is 0 Å². The SMILES string of the molecule is COC(=O)[C@H](C)[C@H](c1ccc(CCC(=O)c2ccc(Cl)cc2F)c(O)c1)C1CC1. The molecule has 0 unspecified atom stereocenters. The van der Waals surface area contributed by atoms with Gasteiger partial charge in [-0.25, -0.2) is 4.39 Å². The van der Waals surface area contributed by atoms with Gasteiger partial charge in [0.1, 0.15) is 11.6 Å². The number of rotatable bonds is 8. The molecule has 0 spiro atoms. The quantitative estimate of drug-likeness (QED) is 0.466. The van der Waals surface area contributed by atoms with Crippen molar-refractivity contribution in [3.8, 4) is 5.75 Å². The van der Waals surface area contributed by atoms with Crippen LogP contribution in [0.15, 0.2) is 36.4 Å². The Bertz CT molecular complexity index is 923. The zero-order chi connectivity index (χ0) is 21.1. The van der Waals surface area contributed by atoms with E-state index in [0.29, 0.717) is 11.5 Å². The first-order valence-corrected chi connectivity index (χ1v) is 10.1. The van der Waals surface area contributed by atoms with Crippen LogP contribution in [-0.2, 0) is 16.0 Å². The summed E-state index contributed by atoms with van der Waals surface area (Å²) in [6.07, 6.45) is 2.45. The Morgan fingerprint density at radius 2 is 1.97 bits per heavy atom. The minimum atomic E-state index is -0.647. The number of Topliss-reactive ketones (excluding diaryl/α,β-unsaturated/α-hetero) is 1. The van der Waals surface area contributed by atoms with Crippen molar-refractivity contribution >= 4 is 23.4 Å². The van der Waals surface area contributed by atoms with E-state index in [1.807, 2.05) is 13.0 Å². The molecule has 1 N–H and O–H groups in total. The van der Waals surface area contributed by atoms with Crippen LogP contribution in [0.4, 0.5) is 4.39 Å². The third kappa shape index (κ3) is 4.96. The first kappa shape index (κ1) is 21.3. The smallest absolute Gasteiger partial charge is 0.309 e. The number of phenolic OH excluding ortho intramolecular Hbond substituents is 1. The van der Waals surface area contributed by atoms with Crippen molar-refractivity contribution in [3.05, 3.63) is 63.9 Å². The molecule has 0 radical (unpaired) electrons. The standard InChI is InChI=1S/C23H24ClFO4/c1-13(23(28)29-2)22(15-4-5-15)16-6-3-14(21(27)11-16)7-10-20(26)18-9-8-17(24)12-19(18)25/h3,6,8-9,11-13,15,22,27H,4-5,7,10H2,1-2H3/t13-,22+/m1/s1. The molecule has 2 atom stereocenters. The van der Waals surface area contributed by atoms with E-state index in [1.54, 1.807) is 12.1 Å². The van der Waals surface area contributed by atoms with Gasteiger partial charge in [-0.15, -0.1) is 0 Å². The number of methoxy groups -OCH3 is 1. The van der Waals surface area contributed by atoms with Gasteiger partial charge in [0, 0.05) is 11.4 Å². The fraction of sp³-hybridized carbons (Fsp3) is 0.391. The second kappa shape index (κ2) is 8.95. The number of carbonyl (C=O) groups excluding carboxylic acids is 2. The average Bonchev–Trinajstić information content (AvgIpc) is 3.51. The van der Waals surface area contributed by atoms with Crippen LogP contribution in [0.3, 0.4) is 0 Å². The highest BCUT2D eigenvalue weighted by Crippen LogP contribution is 2.47. The second-order valence-electron chi connectivity index (χ2n) is 7.61. The predicted octanol–water partition coefficient (Wildman–Crippen LogP) is 5.30. The zero-order valence-corrected chi connectivity index (χ0v) is 17.2. The lowest BCUT2D eigenvalue weighted by atomic mass is 9.82. The van der Waals surface area contributed by atoms with E-state index in [4.69, 9.17) is 16.3 Å².